The highest BCUT2D eigenvalue weighted by molar-refractivity contribution is 5.96. The molecule has 9 heteroatoms. The highest BCUT2D eigenvalue weighted by Crippen LogP contribution is 2.21. The number of rotatable bonds is 5. The van der Waals surface area contributed by atoms with Crippen molar-refractivity contribution in [3.8, 4) is 0 Å². The molecule has 1 aromatic heterocycles. The predicted octanol–water partition coefficient (Wildman–Crippen LogP) is 1.96. The van der Waals surface area contributed by atoms with Gasteiger partial charge >= 0.3 is 12.4 Å². The number of alkyl halides is 2. The molecule has 0 aliphatic rings. The first-order valence-electron chi connectivity index (χ1n) is 6.49. The van der Waals surface area contributed by atoms with E-state index in [9.17, 15) is 18.4 Å². The number of nitrogens with one attached hydrogen (secondary N) is 1. The second kappa shape index (κ2) is 6.95. The van der Waals surface area contributed by atoms with E-state index in [1.54, 1.807) is 24.3 Å². The highest BCUT2D eigenvalue weighted by atomic mass is 19.3. The Morgan fingerprint density at radius 2 is 1.78 bits per heavy atom. The molecule has 0 unspecified atom stereocenters. The summed E-state index contributed by atoms with van der Waals surface area (Å²) >= 11 is 0. The molecule has 1 atom stereocenters. The lowest BCUT2D eigenvalue weighted by Gasteiger charge is -2.13. The molecule has 1 aromatic carbocycles. The summed E-state index contributed by atoms with van der Waals surface area (Å²) in [5, 5.41) is 8.79. The summed E-state index contributed by atoms with van der Waals surface area (Å²) in [6, 6.07) is 5.05. The van der Waals surface area contributed by atoms with Gasteiger partial charge in [0.15, 0.2) is 0 Å². The molecule has 0 fully saturated rings. The molecule has 0 aliphatic heterocycles. The van der Waals surface area contributed by atoms with E-state index in [1.807, 2.05) is 6.92 Å². The van der Waals surface area contributed by atoms with Gasteiger partial charge in [-0.1, -0.05) is 17.7 Å². The van der Waals surface area contributed by atoms with Crippen LogP contribution in [0.2, 0.25) is 0 Å². The zero-order valence-corrected chi connectivity index (χ0v) is 12.2. The Labute approximate surface area is 129 Å². The average Bonchev–Trinajstić information content (AvgIpc) is 3.02. The van der Waals surface area contributed by atoms with E-state index in [1.165, 1.54) is 0 Å². The van der Waals surface area contributed by atoms with Crippen LogP contribution >= 0.6 is 0 Å². The Bertz CT molecular complexity index is 700. The molecule has 2 aromatic rings. The second-order valence-corrected chi connectivity index (χ2v) is 4.57. The number of halogens is 2. The van der Waals surface area contributed by atoms with Gasteiger partial charge in [-0.15, -0.1) is 10.2 Å². The van der Waals surface area contributed by atoms with E-state index in [0.29, 0.717) is 0 Å². The molecule has 0 spiro atoms. The SMILES string of the molecule is COC(=O)[C@@H](NC(=O)c1ccc(C)cc1)c1nnc(C(F)F)o1. The van der Waals surface area contributed by atoms with Gasteiger partial charge in [0.1, 0.15) is 0 Å². The minimum absolute atomic E-state index is 0.276. The van der Waals surface area contributed by atoms with Crippen molar-refractivity contribution in [2.75, 3.05) is 7.11 Å². The Morgan fingerprint density at radius 1 is 1.17 bits per heavy atom. The lowest BCUT2D eigenvalue weighted by molar-refractivity contribution is -0.143. The number of carbonyl (C=O) groups is 2. The van der Waals surface area contributed by atoms with Gasteiger partial charge in [-0.2, -0.15) is 8.78 Å². The fourth-order valence-electron chi connectivity index (χ4n) is 1.71. The van der Waals surface area contributed by atoms with Crippen molar-refractivity contribution < 1.29 is 27.5 Å². The minimum atomic E-state index is -2.98. The standard InChI is InChI=1S/C14H13F2N3O4/c1-7-3-5-8(6-4-7)11(20)17-9(14(21)22-2)12-18-19-13(23-12)10(15)16/h3-6,9-10H,1-2H3,(H,17,20)/t9-/m0/s1. The summed E-state index contributed by atoms with van der Waals surface area (Å²) in [6.45, 7) is 1.85. The van der Waals surface area contributed by atoms with E-state index in [2.05, 4.69) is 20.3 Å². The van der Waals surface area contributed by atoms with Crippen molar-refractivity contribution in [2.24, 2.45) is 0 Å². The molecule has 7 nitrogen and oxygen atoms in total. The van der Waals surface area contributed by atoms with Crippen LogP contribution in [0.5, 0.6) is 0 Å². The number of hydrogen-bond acceptors (Lipinski definition) is 6. The van der Waals surface area contributed by atoms with E-state index >= 15 is 0 Å². The van der Waals surface area contributed by atoms with Crippen LogP contribution in [0.4, 0.5) is 8.78 Å². The first kappa shape index (κ1) is 16.5. The average molecular weight is 325 g/mol. The number of benzene rings is 1. The molecule has 23 heavy (non-hydrogen) atoms. The fraction of sp³-hybridized carbons (Fsp3) is 0.286. The monoisotopic (exact) mass is 325 g/mol. The van der Waals surface area contributed by atoms with Crippen LogP contribution in [0.25, 0.3) is 0 Å². The summed E-state index contributed by atoms with van der Waals surface area (Å²) in [5.41, 5.74) is 1.22. The summed E-state index contributed by atoms with van der Waals surface area (Å²) in [6.07, 6.45) is -2.98. The fourth-order valence-corrected chi connectivity index (χ4v) is 1.71. The van der Waals surface area contributed by atoms with Crippen LogP contribution in [-0.4, -0.2) is 29.2 Å². The molecule has 0 saturated carbocycles. The quantitative estimate of drug-likeness (QED) is 0.845. The van der Waals surface area contributed by atoms with Crippen molar-refractivity contribution in [1.29, 1.82) is 0 Å². The molecular weight excluding hydrogens is 312 g/mol. The zero-order chi connectivity index (χ0) is 17.0. The molecule has 0 bridgehead atoms. The predicted molar refractivity (Wildman–Crippen MR) is 72.7 cm³/mol. The van der Waals surface area contributed by atoms with Gasteiger partial charge in [0.2, 0.25) is 6.04 Å². The third kappa shape index (κ3) is 3.87. The summed E-state index contributed by atoms with van der Waals surface area (Å²) in [4.78, 5) is 23.9. The number of amides is 1. The molecule has 122 valence electrons. The van der Waals surface area contributed by atoms with Crippen molar-refractivity contribution in [1.82, 2.24) is 15.5 Å². The molecule has 0 aliphatic carbocycles. The maximum absolute atomic E-state index is 12.5. The van der Waals surface area contributed by atoms with Crippen LogP contribution < -0.4 is 5.32 Å². The van der Waals surface area contributed by atoms with Crippen LogP contribution in [0.3, 0.4) is 0 Å². The summed E-state index contributed by atoms with van der Waals surface area (Å²) in [7, 11) is 1.08. The van der Waals surface area contributed by atoms with Gasteiger partial charge in [-0.05, 0) is 19.1 Å². The number of nitrogens with zero attached hydrogens (tertiary/aromatic N) is 2. The molecule has 1 amide bonds. The first-order valence-corrected chi connectivity index (χ1v) is 6.49. The van der Waals surface area contributed by atoms with Gasteiger partial charge in [0.05, 0.1) is 7.11 Å². The van der Waals surface area contributed by atoms with Crippen LogP contribution in [0, 0.1) is 6.92 Å². The van der Waals surface area contributed by atoms with E-state index in [-0.39, 0.29) is 5.56 Å². The first-order chi connectivity index (χ1) is 10.9. The Kier molecular flexibility index (Phi) is 4.99. The number of esters is 1. The van der Waals surface area contributed by atoms with Gasteiger partial charge < -0.3 is 14.5 Å². The third-order valence-electron chi connectivity index (χ3n) is 2.92. The maximum Gasteiger partial charge on any atom is 0.338 e. The molecule has 1 heterocycles. The molecule has 0 radical (unpaired) electrons. The summed E-state index contributed by atoms with van der Waals surface area (Å²) < 4.78 is 34.2. The maximum atomic E-state index is 12.5. The largest absolute Gasteiger partial charge is 0.467 e. The number of ether oxygens (including phenoxy) is 1. The van der Waals surface area contributed by atoms with Crippen molar-refractivity contribution in [3.05, 3.63) is 47.2 Å². The lowest BCUT2D eigenvalue weighted by Crippen LogP contribution is -2.34. The number of carbonyl (C=O) groups excluding carboxylic acids is 2. The Balaban J connectivity index is 2.23. The zero-order valence-electron chi connectivity index (χ0n) is 12.2. The molecular formula is C14H13F2N3O4. The molecule has 1 N–H and O–H groups in total. The minimum Gasteiger partial charge on any atom is -0.467 e. The van der Waals surface area contributed by atoms with Gasteiger partial charge in [-0.3, -0.25) is 4.79 Å². The smallest absolute Gasteiger partial charge is 0.338 e. The number of aryl methyl sites for hydroxylation is 1. The van der Waals surface area contributed by atoms with Gasteiger partial charge in [0.25, 0.3) is 17.7 Å². The van der Waals surface area contributed by atoms with Crippen molar-refractivity contribution >= 4 is 11.9 Å². The van der Waals surface area contributed by atoms with Crippen molar-refractivity contribution in [3.63, 3.8) is 0 Å². The Morgan fingerprint density at radius 3 is 2.30 bits per heavy atom. The molecule has 2 rings (SSSR count). The van der Waals surface area contributed by atoms with Crippen LogP contribution in [-0.2, 0) is 9.53 Å². The number of hydrogen-bond donors (Lipinski definition) is 1. The second-order valence-electron chi connectivity index (χ2n) is 4.57. The topological polar surface area (TPSA) is 94.3 Å². The van der Waals surface area contributed by atoms with Crippen molar-refractivity contribution in [2.45, 2.75) is 19.4 Å². The number of aromatic nitrogens is 2. The normalized spacial score (nSPS) is 12.0. The highest BCUT2D eigenvalue weighted by Gasteiger charge is 2.31. The van der Waals surface area contributed by atoms with E-state index in [0.717, 1.165) is 12.7 Å². The molecule has 0 saturated heterocycles. The lowest BCUT2D eigenvalue weighted by atomic mass is 10.1. The van der Waals surface area contributed by atoms with Gasteiger partial charge in [0, 0.05) is 5.56 Å². The van der Waals surface area contributed by atoms with E-state index < -0.39 is 36.1 Å². The van der Waals surface area contributed by atoms with Gasteiger partial charge in [-0.25, -0.2) is 4.79 Å². The third-order valence-corrected chi connectivity index (χ3v) is 2.92. The summed E-state index contributed by atoms with van der Waals surface area (Å²) in [5.74, 6) is -2.96. The van der Waals surface area contributed by atoms with Crippen LogP contribution in [0.1, 0.15) is 40.2 Å². The van der Waals surface area contributed by atoms with E-state index in [4.69, 9.17) is 4.42 Å². The van der Waals surface area contributed by atoms with Crippen LogP contribution in [0.15, 0.2) is 28.7 Å². The number of methoxy groups -OCH3 is 1. The Hall–Kier alpha value is -2.84.